The molecule has 5 aromatic carbocycles. The molecule has 0 spiro atoms. The molecule has 5 aromatic rings. The molecule has 0 saturated carbocycles. The van der Waals surface area contributed by atoms with Crippen molar-refractivity contribution in [2.24, 2.45) is 0 Å². The maximum absolute atomic E-state index is 14.4. The maximum atomic E-state index is 14.4. The van der Waals surface area contributed by atoms with Crippen LogP contribution in [-0.2, 0) is 9.53 Å². The van der Waals surface area contributed by atoms with Crippen LogP contribution in [0.3, 0.4) is 0 Å². The van der Waals surface area contributed by atoms with E-state index in [1.54, 1.807) is 25.1 Å². The van der Waals surface area contributed by atoms with Gasteiger partial charge in [-0.3, -0.25) is 4.79 Å². The molecule has 0 aliphatic heterocycles. The number of hydrogen-bond acceptors (Lipinski definition) is 2. The Morgan fingerprint density at radius 1 is 0.636 bits per heavy atom. The number of esters is 1. The predicted molar refractivity (Wildman–Crippen MR) is 131 cm³/mol. The first kappa shape index (κ1) is 20.9. The second-order valence-corrected chi connectivity index (χ2v) is 8.20. The lowest BCUT2D eigenvalue weighted by Gasteiger charge is -2.24. The van der Waals surface area contributed by atoms with Crippen molar-refractivity contribution in [2.45, 2.75) is 18.9 Å². The van der Waals surface area contributed by atoms with Crippen molar-refractivity contribution in [3.63, 3.8) is 0 Å². The summed E-state index contributed by atoms with van der Waals surface area (Å²) in [6.07, 6.45) is -0.635. The molecule has 0 amide bonds. The Morgan fingerprint density at radius 2 is 1.09 bits per heavy atom. The second kappa shape index (κ2) is 8.87. The summed E-state index contributed by atoms with van der Waals surface area (Å²) in [7, 11) is 0. The quantitative estimate of drug-likeness (QED) is 0.267. The maximum Gasteiger partial charge on any atom is 0.314 e. The summed E-state index contributed by atoms with van der Waals surface area (Å²) in [5, 5.41) is 4.17. The van der Waals surface area contributed by atoms with E-state index in [-0.39, 0.29) is 0 Å². The third kappa shape index (κ3) is 3.98. The largest absolute Gasteiger partial charge is 0.452 e. The Balaban J connectivity index is 1.65. The molecule has 0 aromatic heterocycles. The van der Waals surface area contributed by atoms with Crippen molar-refractivity contribution in [2.75, 3.05) is 0 Å². The molecule has 0 aliphatic rings. The van der Waals surface area contributed by atoms with Crippen LogP contribution in [0.25, 0.3) is 21.5 Å². The van der Waals surface area contributed by atoms with E-state index in [2.05, 4.69) is 0 Å². The predicted octanol–water partition coefficient (Wildman–Crippen LogP) is 7.57. The van der Waals surface area contributed by atoms with Crippen molar-refractivity contribution < 1.29 is 13.9 Å². The first-order chi connectivity index (χ1) is 16.1. The first-order valence-electron chi connectivity index (χ1n) is 11.0. The van der Waals surface area contributed by atoms with Gasteiger partial charge in [0.25, 0.3) is 0 Å². The van der Waals surface area contributed by atoms with Gasteiger partial charge in [0.2, 0.25) is 0 Å². The molecule has 0 bridgehead atoms. The molecule has 162 valence electrons. The highest BCUT2D eigenvalue weighted by molar-refractivity contribution is 5.90. The minimum atomic E-state index is -0.737. The van der Waals surface area contributed by atoms with Gasteiger partial charge in [-0.2, -0.15) is 0 Å². The SMILES string of the molecule is C[C@@H](C(=O)OC(c1cccc2ccccc12)c1cccc2ccccc12)c1ccccc1F. The Bertz CT molecular complexity index is 1370. The van der Waals surface area contributed by atoms with Crippen LogP contribution >= 0.6 is 0 Å². The number of ether oxygens (including phenoxy) is 1. The molecule has 0 radical (unpaired) electrons. The molecule has 3 heteroatoms. The molecular weight excluding hydrogens is 411 g/mol. The molecule has 2 nitrogen and oxygen atoms in total. The number of carbonyl (C=O) groups is 1. The zero-order chi connectivity index (χ0) is 22.8. The molecule has 1 atom stereocenters. The molecule has 0 aliphatic carbocycles. The van der Waals surface area contributed by atoms with Gasteiger partial charge in [-0.1, -0.05) is 103 Å². The first-order valence-corrected chi connectivity index (χ1v) is 11.0. The molecule has 33 heavy (non-hydrogen) atoms. The zero-order valence-corrected chi connectivity index (χ0v) is 18.2. The summed E-state index contributed by atoms with van der Waals surface area (Å²) in [4.78, 5) is 13.3. The van der Waals surface area contributed by atoms with Crippen LogP contribution in [0.15, 0.2) is 109 Å². The number of halogens is 1. The Morgan fingerprint density at radius 3 is 1.67 bits per heavy atom. The van der Waals surface area contributed by atoms with Crippen molar-refractivity contribution >= 4 is 27.5 Å². The van der Waals surface area contributed by atoms with E-state index < -0.39 is 23.8 Å². The van der Waals surface area contributed by atoms with Crippen LogP contribution in [-0.4, -0.2) is 5.97 Å². The van der Waals surface area contributed by atoms with Gasteiger partial charge in [-0.25, -0.2) is 4.39 Å². The molecule has 0 unspecified atom stereocenters. The van der Waals surface area contributed by atoms with E-state index in [4.69, 9.17) is 4.74 Å². The summed E-state index contributed by atoms with van der Waals surface area (Å²) in [6, 6.07) is 34.5. The lowest BCUT2D eigenvalue weighted by Crippen LogP contribution is -2.19. The van der Waals surface area contributed by atoms with Crippen LogP contribution in [0, 0.1) is 5.82 Å². The zero-order valence-electron chi connectivity index (χ0n) is 18.2. The highest BCUT2D eigenvalue weighted by Crippen LogP contribution is 2.37. The highest BCUT2D eigenvalue weighted by Gasteiger charge is 2.27. The topological polar surface area (TPSA) is 26.3 Å². The molecular formula is C30H23FO2. The average Bonchev–Trinajstić information content (AvgIpc) is 2.86. The fourth-order valence-electron chi connectivity index (χ4n) is 4.42. The summed E-state index contributed by atoms with van der Waals surface area (Å²) in [5.74, 6) is -1.61. The third-order valence-corrected chi connectivity index (χ3v) is 6.17. The fraction of sp³-hybridized carbons (Fsp3) is 0.100. The van der Waals surface area contributed by atoms with Crippen LogP contribution in [0.4, 0.5) is 4.39 Å². The van der Waals surface area contributed by atoms with Gasteiger partial charge < -0.3 is 4.74 Å². The number of hydrogen-bond donors (Lipinski definition) is 0. The van der Waals surface area contributed by atoms with Crippen LogP contribution in [0.2, 0.25) is 0 Å². The summed E-state index contributed by atoms with van der Waals surface area (Å²) in [6.45, 7) is 1.68. The second-order valence-electron chi connectivity index (χ2n) is 8.20. The highest BCUT2D eigenvalue weighted by atomic mass is 19.1. The smallest absolute Gasteiger partial charge is 0.314 e. The van der Waals surface area contributed by atoms with Gasteiger partial charge in [0.05, 0.1) is 5.92 Å². The minimum absolute atomic E-state index is 0.331. The molecule has 0 saturated heterocycles. The molecule has 0 N–H and O–H groups in total. The van der Waals surface area contributed by atoms with Gasteiger partial charge in [-0.05, 0) is 34.5 Å². The van der Waals surface area contributed by atoms with Gasteiger partial charge >= 0.3 is 5.97 Å². The normalized spacial score (nSPS) is 12.2. The van der Waals surface area contributed by atoms with Gasteiger partial charge in [-0.15, -0.1) is 0 Å². The summed E-state index contributed by atoms with van der Waals surface area (Å²) >= 11 is 0. The van der Waals surface area contributed by atoms with E-state index >= 15 is 0 Å². The van der Waals surface area contributed by atoms with Gasteiger partial charge in [0.1, 0.15) is 5.82 Å². The van der Waals surface area contributed by atoms with Crippen molar-refractivity contribution in [1.29, 1.82) is 0 Å². The Kier molecular flexibility index (Phi) is 5.62. The number of rotatable bonds is 5. The number of carbonyl (C=O) groups excluding carboxylic acids is 1. The third-order valence-electron chi connectivity index (χ3n) is 6.17. The number of benzene rings is 5. The van der Waals surface area contributed by atoms with E-state index in [0.717, 1.165) is 32.7 Å². The van der Waals surface area contributed by atoms with E-state index in [9.17, 15) is 9.18 Å². The summed E-state index contributed by atoms with van der Waals surface area (Å²) < 4.78 is 20.6. The van der Waals surface area contributed by atoms with Crippen LogP contribution < -0.4 is 0 Å². The lowest BCUT2D eigenvalue weighted by molar-refractivity contribution is -0.149. The molecule has 0 fully saturated rings. The fourth-order valence-corrected chi connectivity index (χ4v) is 4.42. The van der Waals surface area contributed by atoms with Crippen molar-refractivity contribution in [3.8, 4) is 0 Å². The van der Waals surface area contributed by atoms with E-state index in [1.807, 2.05) is 84.9 Å². The molecule has 0 heterocycles. The van der Waals surface area contributed by atoms with Crippen molar-refractivity contribution in [3.05, 3.63) is 132 Å². The standard InChI is InChI=1S/C30H23FO2/c1-20(23-14-6-7-19-28(23)31)30(32)33-29(26-17-8-12-21-10-2-4-15-24(21)26)27-18-9-13-22-11-3-5-16-25(22)27/h2-20,29H,1H3/t20-/m1/s1. The van der Waals surface area contributed by atoms with E-state index in [0.29, 0.717) is 5.56 Å². The molecule has 5 rings (SSSR count). The number of fused-ring (bicyclic) bond motifs is 2. The van der Waals surface area contributed by atoms with Crippen LogP contribution in [0.1, 0.15) is 35.6 Å². The van der Waals surface area contributed by atoms with E-state index in [1.165, 1.54) is 6.07 Å². The summed E-state index contributed by atoms with van der Waals surface area (Å²) in [5.41, 5.74) is 2.13. The Hall–Kier alpha value is -3.98. The average molecular weight is 435 g/mol. The lowest BCUT2D eigenvalue weighted by atomic mass is 9.92. The minimum Gasteiger partial charge on any atom is -0.452 e. The Labute approximate surface area is 192 Å². The van der Waals surface area contributed by atoms with Crippen LogP contribution in [0.5, 0.6) is 0 Å². The van der Waals surface area contributed by atoms with Crippen molar-refractivity contribution in [1.82, 2.24) is 0 Å². The van der Waals surface area contributed by atoms with Gasteiger partial charge in [0.15, 0.2) is 6.10 Å². The monoisotopic (exact) mass is 434 g/mol. The van der Waals surface area contributed by atoms with Gasteiger partial charge in [0, 0.05) is 16.7 Å².